The zero-order valence-corrected chi connectivity index (χ0v) is 4.24. The van der Waals surface area contributed by atoms with Gasteiger partial charge in [-0.25, -0.2) is 0 Å². The zero-order chi connectivity index (χ0) is 6.15. The fraction of sp³-hybridized carbons (Fsp3) is 0.750. The molecule has 2 N–H and O–H groups in total. The predicted molar refractivity (Wildman–Crippen MR) is 24.8 cm³/mol. The first-order valence-corrected chi connectivity index (χ1v) is 2.37. The molecule has 1 aliphatic rings. The van der Waals surface area contributed by atoms with Crippen LogP contribution < -0.4 is 0 Å². The van der Waals surface area contributed by atoms with Gasteiger partial charge < -0.3 is 15.1 Å². The van der Waals surface area contributed by atoms with Gasteiger partial charge in [0.1, 0.15) is 0 Å². The van der Waals surface area contributed by atoms with Crippen LogP contribution >= 0.6 is 0 Å². The average molecular weight is 117 g/mol. The van der Waals surface area contributed by atoms with Gasteiger partial charge in [0.25, 0.3) is 5.91 Å². The van der Waals surface area contributed by atoms with Crippen molar-refractivity contribution >= 4 is 5.91 Å². The molecule has 46 valence electrons. The Bertz CT molecular complexity index is 104. The zero-order valence-electron chi connectivity index (χ0n) is 4.24. The molecule has 0 aromatic rings. The molecule has 1 amide bonds. The van der Waals surface area contributed by atoms with Gasteiger partial charge >= 0.3 is 0 Å². The minimum absolute atomic E-state index is 0.593. The number of hydrogen-bond donors (Lipinski definition) is 2. The second-order valence-electron chi connectivity index (χ2n) is 1.70. The van der Waals surface area contributed by atoms with Crippen molar-refractivity contribution in [3.8, 4) is 0 Å². The van der Waals surface area contributed by atoms with Gasteiger partial charge in [0.05, 0.1) is 0 Å². The number of hydrogen-bond acceptors (Lipinski definition) is 3. The lowest BCUT2D eigenvalue weighted by molar-refractivity contribution is -0.152. The largest absolute Gasteiger partial charge is 0.361 e. The normalized spacial score (nSPS) is 17.1. The number of carbonyl (C=O) groups excluding carboxylic acids is 1. The first-order chi connectivity index (χ1) is 3.72. The summed E-state index contributed by atoms with van der Waals surface area (Å²) in [5.41, 5.74) is 0. The number of aliphatic hydroxyl groups is 2. The lowest BCUT2D eigenvalue weighted by Crippen LogP contribution is -2.26. The second kappa shape index (κ2) is 1.72. The van der Waals surface area contributed by atoms with Gasteiger partial charge in [0, 0.05) is 13.1 Å². The highest BCUT2D eigenvalue weighted by Gasteiger charge is 2.28. The van der Waals surface area contributed by atoms with Crippen molar-refractivity contribution in [2.45, 2.75) is 6.29 Å². The molecule has 0 radical (unpaired) electrons. The molecule has 1 rings (SSSR count). The van der Waals surface area contributed by atoms with Gasteiger partial charge in [-0.3, -0.25) is 4.79 Å². The van der Waals surface area contributed by atoms with E-state index in [2.05, 4.69) is 0 Å². The van der Waals surface area contributed by atoms with E-state index < -0.39 is 12.2 Å². The lowest BCUT2D eigenvalue weighted by Gasteiger charge is -2.00. The number of rotatable bonds is 1. The molecule has 0 unspecified atom stereocenters. The maximum absolute atomic E-state index is 10.3. The van der Waals surface area contributed by atoms with Crippen molar-refractivity contribution in [2.75, 3.05) is 13.1 Å². The summed E-state index contributed by atoms with van der Waals surface area (Å²) in [6, 6.07) is 0. The minimum Gasteiger partial charge on any atom is -0.361 e. The standard InChI is InChI=1S/C4H7NO3/c6-3(4(7)8)5-1-2-5/h4,7-8H,1-2H2. The molecule has 0 aromatic heterocycles. The monoisotopic (exact) mass is 117 g/mol. The molecule has 0 atom stereocenters. The Morgan fingerprint density at radius 1 is 1.50 bits per heavy atom. The van der Waals surface area contributed by atoms with Crippen LogP contribution in [0.5, 0.6) is 0 Å². The van der Waals surface area contributed by atoms with Crippen LogP contribution in [-0.4, -0.2) is 40.4 Å². The summed E-state index contributed by atoms with van der Waals surface area (Å²) in [6.07, 6.45) is -1.81. The van der Waals surface area contributed by atoms with E-state index in [0.29, 0.717) is 13.1 Å². The van der Waals surface area contributed by atoms with Crippen molar-refractivity contribution in [2.24, 2.45) is 0 Å². The van der Waals surface area contributed by atoms with Crippen molar-refractivity contribution in [1.29, 1.82) is 0 Å². The van der Waals surface area contributed by atoms with Crippen LogP contribution in [0.3, 0.4) is 0 Å². The van der Waals surface area contributed by atoms with Crippen molar-refractivity contribution in [1.82, 2.24) is 4.90 Å². The van der Waals surface area contributed by atoms with Gasteiger partial charge in [0.2, 0.25) is 6.29 Å². The van der Waals surface area contributed by atoms with E-state index >= 15 is 0 Å². The molecular formula is C4H7NO3. The number of nitrogens with zero attached hydrogens (tertiary/aromatic N) is 1. The topological polar surface area (TPSA) is 60.5 Å². The summed E-state index contributed by atoms with van der Waals surface area (Å²) in [5.74, 6) is -0.593. The third kappa shape index (κ3) is 0.962. The minimum atomic E-state index is -1.81. The Balaban J connectivity index is 2.33. The average Bonchev–Trinajstić information content (AvgIpc) is 2.43. The number of aliphatic hydroxyl groups excluding tert-OH is 1. The van der Waals surface area contributed by atoms with Gasteiger partial charge in [-0.05, 0) is 0 Å². The Kier molecular flexibility index (Phi) is 1.19. The third-order valence-electron chi connectivity index (χ3n) is 0.980. The fourth-order valence-corrected chi connectivity index (χ4v) is 0.434. The Morgan fingerprint density at radius 3 is 2.12 bits per heavy atom. The molecule has 0 spiro atoms. The summed E-state index contributed by atoms with van der Waals surface area (Å²) in [4.78, 5) is 11.7. The molecule has 1 saturated heterocycles. The van der Waals surface area contributed by atoms with Gasteiger partial charge in [-0.2, -0.15) is 0 Å². The van der Waals surface area contributed by atoms with E-state index in [1.165, 1.54) is 4.90 Å². The molecule has 1 fully saturated rings. The molecular weight excluding hydrogens is 110 g/mol. The van der Waals surface area contributed by atoms with E-state index in [-0.39, 0.29) is 0 Å². The molecule has 0 saturated carbocycles. The highest BCUT2D eigenvalue weighted by Crippen LogP contribution is 2.04. The van der Waals surface area contributed by atoms with E-state index in [1.807, 2.05) is 0 Å². The van der Waals surface area contributed by atoms with Gasteiger partial charge in [0.15, 0.2) is 0 Å². The Labute approximate surface area is 46.3 Å². The van der Waals surface area contributed by atoms with Crippen molar-refractivity contribution in [3.63, 3.8) is 0 Å². The van der Waals surface area contributed by atoms with Crippen LogP contribution in [0.2, 0.25) is 0 Å². The van der Waals surface area contributed by atoms with Crippen LogP contribution in [0.25, 0.3) is 0 Å². The SMILES string of the molecule is O=C(C(O)O)N1CC1. The summed E-state index contributed by atoms with van der Waals surface area (Å²) in [7, 11) is 0. The molecule has 0 aliphatic carbocycles. The van der Waals surface area contributed by atoms with Crippen molar-refractivity contribution in [3.05, 3.63) is 0 Å². The fourth-order valence-electron chi connectivity index (χ4n) is 0.434. The van der Waals surface area contributed by atoms with Crippen LogP contribution in [-0.2, 0) is 4.79 Å². The quantitative estimate of drug-likeness (QED) is 0.313. The molecule has 4 nitrogen and oxygen atoms in total. The Morgan fingerprint density at radius 2 is 2.00 bits per heavy atom. The third-order valence-corrected chi connectivity index (χ3v) is 0.980. The summed E-state index contributed by atoms with van der Waals surface area (Å²) in [5, 5.41) is 16.4. The number of carbonyl (C=O) groups is 1. The summed E-state index contributed by atoms with van der Waals surface area (Å²) in [6.45, 7) is 1.33. The maximum atomic E-state index is 10.3. The maximum Gasteiger partial charge on any atom is 0.279 e. The lowest BCUT2D eigenvalue weighted by atomic mass is 10.6. The van der Waals surface area contributed by atoms with E-state index in [0.717, 1.165) is 0 Å². The summed E-state index contributed by atoms with van der Waals surface area (Å²) < 4.78 is 0. The predicted octanol–water partition coefficient (Wildman–Crippen LogP) is -1.86. The summed E-state index contributed by atoms with van der Waals surface area (Å²) >= 11 is 0. The first kappa shape index (κ1) is 5.53. The van der Waals surface area contributed by atoms with E-state index in [9.17, 15) is 4.79 Å². The van der Waals surface area contributed by atoms with Gasteiger partial charge in [-0.1, -0.05) is 0 Å². The molecule has 8 heavy (non-hydrogen) atoms. The second-order valence-corrected chi connectivity index (χ2v) is 1.70. The van der Waals surface area contributed by atoms with E-state index in [4.69, 9.17) is 10.2 Å². The van der Waals surface area contributed by atoms with E-state index in [1.54, 1.807) is 0 Å². The van der Waals surface area contributed by atoms with Crippen LogP contribution in [0, 0.1) is 0 Å². The highest BCUT2D eigenvalue weighted by atomic mass is 16.5. The molecule has 0 bridgehead atoms. The molecule has 4 heteroatoms. The van der Waals surface area contributed by atoms with Crippen LogP contribution in [0.4, 0.5) is 0 Å². The number of amides is 1. The highest BCUT2D eigenvalue weighted by molar-refractivity contribution is 5.80. The first-order valence-electron chi connectivity index (χ1n) is 2.37. The Hall–Kier alpha value is -0.610. The van der Waals surface area contributed by atoms with Crippen molar-refractivity contribution < 1.29 is 15.0 Å². The molecule has 1 aliphatic heterocycles. The van der Waals surface area contributed by atoms with Gasteiger partial charge in [-0.15, -0.1) is 0 Å². The van der Waals surface area contributed by atoms with Crippen LogP contribution in [0.15, 0.2) is 0 Å². The molecule has 0 aromatic carbocycles. The van der Waals surface area contributed by atoms with Crippen LogP contribution in [0.1, 0.15) is 0 Å². The smallest absolute Gasteiger partial charge is 0.279 e. The molecule has 1 heterocycles.